The Morgan fingerprint density at radius 2 is 1.69 bits per heavy atom. The lowest BCUT2D eigenvalue weighted by molar-refractivity contribution is -0.118. The summed E-state index contributed by atoms with van der Waals surface area (Å²) in [6.07, 6.45) is 3.62. The SMILES string of the molecule is COc1ccc(-c2nnc(SCC(=O)N/N=C\C(C)=C/c3ccccc3)n2-c2ccccc2)cc1. The molecule has 176 valence electrons. The molecule has 1 amide bonds. The number of rotatable bonds is 9. The first-order valence-corrected chi connectivity index (χ1v) is 12.0. The molecule has 0 aliphatic heterocycles. The predicted octanol–water partition coefficient (Wildman–Crippen LogP) is 5.24. The molecule has 35 heavy (non-hydrogen) atoms. The molecule has 4 aromatic rings. The van der Waals surface area contributed by atoms with Gasteiger partial charge in [-0.3, -0.25) is 9.36 Å². The second kappa shape index (κ2) is 11.8. The Kier molecular flexibility index (Phi) is 8.08. The summed E-state index contributed by atoms with van der Waals surface area (Å²) in [6.45, 7) is 1.93. The van der Waals surface area contributed by atoms with Crippen molar-refractivity contribution in [3.63, 3.8) is 0 Å². The minimum Gasteiger partial charge on any atom is -0.497 e. The molecule has 0 bridgehead atoms. The molecule has 0 spiro atoms. The third-order valence-corrected chi connectivity index (χ3v) is 5.91. The number of hydrogen-bond donors (Lipinski definition) is 1. The molecule has 0 saturated carbocycles. The van der Waals surface area contributed by atoms with Crippen molar-refractivity contribution in [2.45, 2.75) is 12.1 Å². The summed E-state index contributed by atoms with van der Waals surface area (Å²) in [5, 5.41) is 13.4. The number of para-hydroxylation sites is 1. The Morgan fingerprint density at radius 1 is 1.00 bits per heavy atom. The molecule has 8 heteroatoms. The van der Waals surface area contributed by atoms with Gasteiger partial charge >= 0.3 is 0 Å². The molecule has 0 aliphatic rings. The fourth-order valence-corrected chi connectivity index (χ4v) is 4.06. The summed E-state index contributed by atoms with van der Waals surface area (Å²) in [4.78, 5) is 12.4. The van der Waals surface area contributed by atoms with Gasteiger partial charge in [0, 0.05) is 11.3 Å². The summed E-state index contributed by atoms with van der Waals surface area (Å²) < 4.78 is 7.20. The Morgan fingerprint density at radius 3 is 2.37 bits per heavy atom. The fourth-order valence-electron chi connectivity index (χ4n) is 3.32. The van der Waals surface area contributed by atoms with Crippen LogP contribution in [0.15, 0.2) is 101 Å². The summed E-state index contributed by atoms with van der Waals surface area (Å²) in [5.74, 6) is 1.36. The highest BCUT2D eigenvalue weighted by molar-refractivity contribution is 7.99. The number of carbonyl (C=O) groups is 1. The Balaban J connectivity index is 1.45. The smallest absolute Gasteiger partial charge is 0.250 e. The first-order chi connectivity index (χ1) is 17.1. The number of nitrogens with zero attached hydrogens (tertiary/aromatic N) is 4. The van der Waals surface area contributed by atoms with Gasteiger partial charge in [-0.15, -0.1) is 10.2 Å². The number of aromatic nitrogens is 3. The standard InChI is InChI=1S/C27H25N5O2S/c1-20(17-21-9-5-3-6-10-21)18-28-29-25(33)19-35-27-31-30-26(22-13-15-24(34-2)16-14-22)32(27)23-11-7-4-8-12-23/h3-18H,19H2,1-2H3,(H,29,33)/b20-17-,28-18-. The number of amides is 1. The lowest BCUT2D eigenvalue weighted by Gasteiger charge is -2.10. The van der Waals surface area contributed by atoms with E-state index in [1.165, 1.54) is 11.8 Å². The van der Waals surface area contributed by atoms with Gasteiger partial charge in [-0.25, -0.2) is 5.43 Å². The molecule has 0 aliphatic carbocycles. The van der Waals surface area contributed by atoms with Crippen LogP contribution in [0.1, 0.15) is 12.5 Å². The third kappa shape index (κ3) is 6.45. The van der Waals surface area contributed by atoms with Gasteiger partial charge in [0.15, 0.2) is 11.0 Å². The zero-order valence-electron chi connectivity index (χ0n) is 19.5. The number of allylic oxidation sites excluding steroid dienone is 1. The zero-order chi connectivity index (χ0) is 24.5. The summed E-state index contributed by atoms with van der Waals surface area (Å²) in [7, 11) is 1.63. The molecule has 0 atom stereocenters. The highest BCUT2D eigenvalue weighted by Crippen LogP contribution is 2.28. The van der Waals surface area contributed by atoms with Gasteiger partial charge in [0.1, 0.15) is 5.75 Å². The molecule has 0 fully saturated rings. The van der Waals surface area contributed by atoms with Gasteiger partial charge in [-0.05, 0) is 54.5 Å². The van der Waals surface area contributed by atoms with Crippen molar-refractivity contribution in [1.29, 1.82) is 0 Å². The Bertz CT molecular complexity index is 1320. The number of methoxy groups -OCH3 is 1. The van der Waals surface area contributed by atoms with Crippen molar-refractivity contribution in [2.24, 2.45) is 5.10 Å². The van der Waals surface area contributed by atoms with Crippen LogP contribution in [0.4, 0.5) is 0 Å². The molecule has 1 aromatic heterocycles. The number of nitrogens with one attached hydrogen (secondary N) is 1. The van der Waals surface area contributed by atoms with Crippen LogP contribution in [0.5, 0.6) is 5.75 Å². The van der Waals surface area contributed by atoms with Crippen molar-refractivity contribution in [2.75, 3.05) is 12.9 Å². The first kappa shape index (κ1) is 24.0. The van der Waals surface area contributed by atoms with E-state index in [9.17, 15) is 4.79 Å². The predicted molar refractivity (Wildman–Crippen MR) is 141 cm³/mol. The molecule has 1 heterocycles. The summed E-state index contributed by atoms with van der Waals surface area (Å²) in [5.41, 5.74) is 6.38. The average Bonchev–Trinajstić information content (AvgIpc) is 3.32. The number of benzene rings is 3. The van der Waals surface area contributed by atoms with Crippen molar-refractivity contribution in [1.82, 2.24) is 20.2 Å². The molecule has 0 saturated heterocycles. The van der Waals surface area contributed by atoms with Crippen LogP contribution < -0.4 is 10.2 Å². The van der Waals surface area contributed by atoms with Crippen molar-refractivity contribution >= 4 is 30.0 Å². The third-order valence-electron chi connectivity index (χ3n) is 4.98. The highest BCUT2D eigenvalue weighted by Gasteiger charge is 2.17. The van der Waals surface area contributed by atoms with Gasteiger partial charge in [-0.1, -0.05) is 66.4 Å². The van der Waals surface area contributed by atoms with Gasteiger partial charge in [0.25, 0.3) is 5.91 Å². The topological polar surface area (TPSA) is 81.4 Å². The van der Waals surface area contributed by atoms with E-state index in [1.807, 2.05) is 102 Å². The maximum Gasteiger partial charge on any atom is 0.250 e. The van der Waals surface area contributed by atoms with E-state index < -0.39 is 0 Å². The van der Waals surface area contributed by atoms with Crippen molar-refractivity contribution in [3.8, 4) is 22.8 Å². The zero-order valence-corrected chi connectivity index (χ0v) is 20.3. The lowest BCUT2D eigenvalue weighted by Crippen LogP contribution is -2.20. The van der Waals surface area contributed by atoms with Crippen LogP contribution >= 0.6 is 11.8 Å². The number of hydrogen-bond acceptors (Lipinski definition) is 6. The number of thioether (sulfide) groups is 1. The van der Waals surface area contributed by atoms with Gasteiger partial charge in [0.05, 0.1) is 19.1 Å². The van der Waals surface area contributed by atoms with Gasteiger partial charge < -0.3 is 4.74 Å². The van der Waals surface area contributed by atoms with E-state index in [1.54, 1.807) is 13.3 Å². The van der Waals surface area contributed by atoms with E-state index in [-0.39, 0.29) is 11.7 Å². The van der Waals surface area contributed by atoms with Crippen molar-refractivity contribution in [3.05, 3.63) is 96.1 Å². The van der Waals surface area contributed by atoms with E-state index in [2.05, 4.69) is 20.7 Å². The largest absolute Gasteiger partial charge is 0.497 e. The maximum absolute atomic E-state index is 12.4. The first-order valence-electron chi connectivity index (χ1n) is 11.0. The van der Waals surface area contributed by atoms with Crippen LogP contribution in [0.2, 0.25) is 0 Å². The van der Waals surface area contributed by atoms with Crippen molar-refractivity contribution < 1.29 is 9.53 Å². The van der Waals surface area contributed by atoms with E-state index in [0.29, 0.717) is 11.0 Å². The highest BCUT2D eigenvalue weighted by atomic mass is 32.2. The number of ether oxygens (including phenoxy) is 1. The number of carbonyl (C=O) groups excluding carboxylic acids is 1. The second-order valence-corrected chi connectivity index (χ2v) is 8.53. The molecule has 1 N–H and O–H groups in total. The van der Waals surface area contributed by atoms with E-state index >= 15 is 0 Å². The minimum absolute atomic E-state index is 0.145. The molecule has 7 nitrogen and oxygen atoms in total. The number of hydrazone groups is 1. The fraction of sp³-hybridized carbons (Fsp3) is 0.111. The average molecular weight is 484 g/mol. The lowest BCUT2D eigenvalue weighted by atomic mass is 10.1. The molecule has 3 aromatic carbocycles. The quantitative estimate of drug-likeness (QED) is 0.200. The summed E-state index contributed by atoms with van der Waals surface area (Å²) >= 11 is 1.30. The van der Waals surface area contributed by atoms with Crippen LogP contribution in [-0.2, 0) is 4.79 Å². The van der Waals surface area contributed by atoms with Gasteiger partial charge in [-0.2, -0.15) is 5.10 Å². The normalized spacial score (nSPS) is 11.5. The maximum atomic E-state index is 12.4. The molecular formula is C27H25N5O2S. The molecule has 4 rings (SSSR count). The second-order valence-electron chi connectivity index (χ2n) is 7.59. The Labute approximate surface area is 208 Å². The summed E-state index contributed by atoms with van der Waals surface area (Å²) in [6, 6.07) is 27.4. The van der Waals surface area contributed by atoms with Gasteiger partial charge in [0.2, 0.25) is 0 Å². The molecule has 0 radical (unpaired) electrons. The van der Waals surface area contributed by atoms with E-state index in [0.717, 1.165) is 28.1 Å². The monoisotopic (exact) mass is 483 g/mol. The minimum atomic E-state index is -0.229. The Hall–Kier alpha value is -4.17. The van der Waals surface area contributed by atoms with Crippen LogP contribution in [0, 0.1) is 0 Å². The van der Waals surface area contributed by atoms with Crippen LogP contribution in [0.3, 0.4) is 0 Å². The van der Waals surface area contributed by atoms with Crippen LogP contribution in [0.25, 0.3) is 23.2 Å². The van der Waals surface area contributed by atoms with E-state index in [4.69, 9.17) is 4.74 Å². The molecule has 0 unspecified atom stereocenters. The molecular weight excluding hydrogens is 458 g/mol. The van der Waals surface area contributed by atoms with Crippen LogP contribution in [-0.4, -0.2) is 39.7 Å².